The predicted octanol–water partition coefficient (Wildman–Crippen LogP) is 2.09. The molecule has 1 N–H and O–H groups in total. The number of nitrogens with one attached hydrogen (secondary N) is 1. The molecular weight excluding hydrogens is 270 g/mol. The van der Waals surface area contributed by atoms with E-state index in [4.69, 9.17) is 4.74 Å². The maximum absolute atomic E-state index is 11.8. The molecule has 0 heterocycles. The summed E-state index contributed by atoms with van der Waals surface area (Å²) in [4.78, 5) is 23.2. The molecule has 0 aliphatic rings. The topological polar surface area (TPSA) is 64.6 Å². The van der Waals surface area contributed by atoms with Crippen LogP contribution in [0, 0.1) is 0 Å². The molecule has 116 valence electrons. The molecule has 21 heavy (non-hydrogen) atoms. The Balaban J connectivity index is 2.47. The van der Waals surface area contributed by atoms with E-state index in [-0.39, 0.29) is 12.5 Å². The van der Waals surface area contributed by atoms with Gasteiger partial charge in [-0.05, 0) is 38.0 Å². The molecule has 5 heteroatoms. The number of hydrogen-bond acceptors (Lipinski definition) is 4. The van der Waals surface area contributed by atoms with Crippen molar-refractivity contribution in [1.29, 1.82) is 0 Å². The summed E-state index contributed by atoms with van der Waals surface area (Å²) >= 11 is 0. The number of esters is 1. The summed E-state index contributed by atoms with van der Waals surface area (Å²) in [6.45, 7) is 5.14. The number of amides is 1. The van der Waals surface area contributed by atoms with E-state index in [0.29, 0.717) is 5.75 Å². The molecule has 0 saturated carbocycles. The number of methoxy groups -OCH3 is 1. The Labute approximate surface area is 125 Å². The molecule has 0 aromatic heterocycles. The van der Waals surface area contributed by atoms with Gasteiger partial charge in [-0.25, -0.2) is 4.79 Å². The lowest BCUT2D eigenvalue weighted by atomic mass is 10.1. The van der Waals surface area contributed by atoms with Crippen LogP contribution in [0.2, 0.25) is 0 Å². The Kier molecular flexibility index (Phi) is 6.21. The van der Waals surface area contributed by atoms with Crippen LogP contribution in [0.3, 0.4) is 0 Å². The van der Waals surface area contributed by atoms with Gasteiger partial charge in [0.1, 0.15) is 11.3 Å². The van der Waals surface area contributed by atoms with Gasteiger partial charge in [0.15, 0.2) is 6.61 Å². The van der Waals surface area contributed by atoms with E-state index in [1.54, 1.807) is 13.8 Å². The van der Waals surface area contributed by atoms with Crippen LogP contribution < -0.4 is 10.1 Å². The summed E-state index contributed by atoms with van der Waals surface area (Å²) in [6, 6.07) is 7.64. The van der Waals surface area contributed by atoms with Gasteiger partial charge in [0.05, 0.1) is 7.11 Å². The minimum absolute atomic E-state index is 0.145. The first-order valence-corrected chi connectivity index (χ1v) is 7.00. The number of ether oxygens (including phenoxy) is 2. The van der Waals surface area contributed by atoms with Crippen LogP contribution in [0.1, 0.15) is 32.8 Å². The Bertz CT molecular complexity index is 480. The van der Waals surface area contributed by atoms with Crippen LogP contribution in [0.5, 0.6) is 5.75 Å². The third-order valence-electron chi connectivity index (χ3n) is 2.98. The minimum atomic E-state index is -1.07. The van der Waals surface area contributed by atoms with E-state index in [0.717, 1.165) is 12.8 Å². The number of hydrogen-bond donors (Lipinski definition) is 1. The quantitative estimate of drug-likeness (QED) is 0.782. The molecule has 0 saturated heterocycles. The fraction of sp³-hybridized carbons (Fsp3) is 0.500. The lowest BCUT2D eigenvalue weighted by molar-refractivity contribution is -0.149. The fourth-order valence-corrected chi connectivity index (χ4v) is 1.88. The fourth-order valence-electron chi connectivity index (χ4n) is 1.88. The van der Waals surface area contributed by atoms with Crippen molar-refractivity contribution in [1.82, 2.24) is 5.32 Å². The van der Waals surface area contributed by atoms with Crippen molar-refractivity contribution < 1.29 is 19.1 Å². The first-order chi connectivity index (χ1) is 9.89. The zero-order valence-corrected chi connectivity index (χ0v) is 13.1. The molecule has 0 unspecified atom stereocenters. The molecule has 0 atom stereocenters. The monoisotopic (exact) mass is 293 g/mol. The second-order valence-electron chi connectivity index (χ2n) is 5.35. The Morgan fingerprint density at radius 2 is 1.81 bits per heavy atom. The molecule has 0 fully saturated rings. The lowest BCUT2D eigenvalue weighted by Gasteiger charge is -2.23. The largest absolute Gasteiger partial charge is 0.484 e. The Hall–Kier alpha value is -2.04. The van der Waals surface area contributed by atoms with Gasteiger partial charge in [0, 0.05) is 0 Å². The van der Waals surface area contributed by atoms with Crippen LogP contribution in [0.4, 0.5) is 0 Å². The van der Waals surface area contributed by atoms with E-state index in [1.807, 2.05) is 24.3 Å². The Morgan fingerprint density at radius 3 is 2.33 bits per heavy atom. The van der Waals surface area contributed by atoms with Gasteiger partial charge in [0.2, 0.25) is 0 Å². The summed E-state index contributed by atoms with van der Waals surface area (Å²) < 4.78 is 10.0. The maximum Gasteiger partial charge on any atom is 0.330 e. The summed E-state index contributed by atoms with van der Waals surface area (Å²) in [5.41, 5.74) is 0.168. The van der Waals surface area contributed by atoms with Gasteiger partial charge in [-0.15, -0.1) is 0 Å². The second-order valence-corrected chi connectivity index (χ2v) is 5.35. The van der Waals surface area contributed by atoms with Gasteiger partial charge in [-0.2, -0.15) is 0 Å². The highest BCUT2D eigenvalue weighted by Gasteiger charge is 2.30. The summed E-state index contributed by atoms with van der Waals surface area (Å²) in [5, 5.41) is 2.57. The van der Waals surface area contributed by atoms with Crippen molar-refractivity contribution in [3.05, 3.63) is 29.8 Å². The molecule has 0 radical (unpaired) electrons. The molecule has 0 spiro atoms. The van der Waals surface area contributed by atoms with Crippen molar-refractivity contribution >= 4 is 11.9 Å². The molecule has 0 aliphatic carbocycles. The van der Waals surface area contributed by atoms with Crippen molar-refractivity contribution in [3.8, 4) is 5.75 Å². The van der Waals surface area contributed by atoms with Crippen LogP contribution in [0.25, 0.3) is 0 Å². The van der Waals surface area contributed by atoms with Crippen molar-refractivity contribution in [2.24, 2.45) is 0 Å². The number of carbonyl (C=O) groups excluding carboxylic acids is 2. The summed E-state index contributed by atoms with van der Waals surface area (Å²) in [7, 11) is 1.28. The predicted molar refractivity (Wildman–Crippen MR) is 80.2 cm³/mol. The van der Waals surface area contributed by atoms with Crippen LogP contribution in [-0.4, -0.2) is 31.1 Å². The molecule has 0 aliphatic heterocycles. The second kappa shape index (κ2) is 7.67. The zero-order valence-electron chi connectivity index (χ0n) is 13.1. The Morgan fingerprint density at radius 1 is 1.19 bits per heavy atom. The SMILES string of the molecule is CCCc1ccc(OCC(=O)NC(C)(C)C(=O)OC)cc1. The molecule has 0 bridgehead atoms. The highest BCUT2D eigenvalue weighted by atomic mass is 16.5. The first kappa shape index (κ1) is 17.0. The zero-order chi connectivity index (χ0) is 15.9. The van der Waals surface area contributed by atoms with Gasteiger partial charge >= 0.3 is 5.97 Å². The maximum atomic E-state index is 11.8. The highest BCUT2D eigenvalue weighted by molar-refractivity contribution is 5.87. The molecule has 1 rings (SSSR count). The van der Waals surface area contributed by atoms with Crippen molar-refractivity contribution in [2.45, 2.75) is 39.2 Å². The standard InChI is InChI=1S/C16H23NO4/c1-5-6-12-7-9-13(10-8-12)21-11-14(18)17-16(2,3)15(19)20-4/h7-10H,5-6,11H2,1-4H3,(H,17,18). The summed E-state index contributed by atoms with van der Waals surface area (Å²) in [5.74, 6) is -0.247. The normalized spacial score (nSPS) is 10.9. The third-order valence-corrected chi connectivity index (χ3v) is 2.98. The smallest absolute Gasteiger partial charge is 0.330 e. The molecule has 5 nitrogen and oxygen atoms in total. The van der Waals surface area contributed by atoms with E-state index >= 15 is 0 Å². The van der Waals surface area contributed by atoms with Gasteiger partial charge < -0.3 is 14.8 Å². The van der Waals surface area contributed by atoms with Gasteiger partial charge in [0.25, 0.3) is 5.91 Å². The van der Waals surface area contributed by atoms with Crippen LogP contribution in [0.15, 0.2) is 24.3 Å². The van der Waals surface area contributed by atoms with E-state index in [1.165, 1.54) is 12.7 Å². The minimum Gasteiger partial charge on any atom is -0.484 e. The van der Waals surface area contributed by atoms with Crippen LogP contribution in [-0.2, 0) is 20.7 Å². The lowest BCUT2D eigenvalue weighted by Crippen LogP contribution is -2.51. The molecule has 1 aromatic rings. The van der Waals surface area contributed by atoms with E-state index in [2.05, 4.69) is 17.0 Å². The van der Waals surface area contributed by atoms with Crippen molar-refractivity contribution in [3.63, 3.8) is 0 Å². The average molecular weight is 293 g/mol. The van der Waals surface area contributed by atoms with Crippen molar-refractivity contribution in [2.75, 3.05) is 13.7 Å². The van der Waals surface area contributed by atoms with E-state index in [9.17, 15) is 9.59 Å². The number of aryl methyl sites for hydroxylation is 1. The van der Waals surface area contributed by atoms with Gasteiger partial charge in [-0.1, -0.05) is 25.5 Å². The average Bonchev–Trinajstić information content (AvgIpc) is 2.45. The number of rotatable bonds is 7. The summed E-state index contributed by atoms with van der Waals surface area (Å²) in [6.07, 6.45) is 2.11. The molecule has 1 amide bonds. The number of carbonyl (C=O) groups is 2. The number of benzene rings is 1. The van der Waals surface area contributed by atoms with Gasteiger partial charge in [-0.3, -0.25) is 4.79 Å². The molecule has 1 aromatic carbocycles. The highest BCUT2D eigenvalue weighted by Crippen LogP contribution is 2.13. The first-order valence-electron chi connectivity index (χ1n) is 7.00. The third kappa shape index (κ3) is 5.45. The van der Waals surface area contributed by atoms with E-state index < -0.39 is 11.5 Å². The van der Waals surface area contributed by atoms with Crippen LogP contribution >= 0.6 is 0 Å². The molecular formula is C16H23NO4.